The molecule has 0 N–H and O–H groups in total. The Labute approximate surface area is 175 Å². The summed E-state index contributed by atoms with van der Waals surface area (Å²) in [6.45, 7) is 9.32. The summed E-state index contributed by atoms with van der Waals surface area (Å²) in [5, 5.41) is 0. The number of rotatable bonds is 4. The van der Waals surface area contributed by atoms with E-state index in [4.69, 9.17) is 0 Å². The minimum atomic E-state index is -3.15. The van der Waals surface area contributed by atoms with Crippen molar-refractivity contribution in [2.75, 3.05) is 32.4 Å². The predicted octanol–water partition coefficient (Wildman–Crippen LogP) is 3.64. The summed E-state index contributed by atoms with van der Waals surface area (Å²) < 4.78 is 23.4. The zero-order valence-corrected chi connectivity index (χ0v) is 18.6. The summed E-state index contributed by atoms with van der Waals surface area (Å²) >= 11 is 0. The molecule has 1 fully saturated rings. The highest BCUT2D eigenvalue weighted by Gasteiger charge is 2.28. The highest BCUT2D eigenvalue weighted by Crippen LogP contribution is 2.30. The van der Waals surface area contributed by atoms with Gasteiger partial charge in [-0.25, -0.2) is 8.42 Å². The van der Waals surface area contributed by atoms with Gasteiger partial charge in [-0.3, -0.25) is 9.80 Å². The normalized spacial score (nSPS) is 21.3. The molecule has 5 heteroatoms. The molecule has 2 aromatic rings. The van der Waals surface area contributed by atoms with Crippen LogP contribution < -0.4 is 0 Å². The highest BCUT2D eigenvalue weighted by atomic mass is 32.2. The molecule has 156 valence electrons. The molecule has 1 atom stereocenters. The molecule has 2 aliphatic rings. The molecule has 4 nitrogen and oxygen atoms in total. The molecular formula is C24H32N2O2S. The van der Waals surface area contributed by atoms with Crippen molar-refractivity contribution in [3.8, 4) is 11.1 Å². The average molecular weight is 413 g/mol. The maximum atomic E-state index is 11.7. The third-order valence-corrected chi connectivity index (χ3v) is 7.75. The van der Waals surface area contributed by atoms with Crippen LogP contribution in [0.3, 0.4) is 0 Å². The summed E-state index contributed by atoms with van der Waals surface area (Å²) in [4.78, 5) is 5.65. The van der Waals surface area contributed by atoms with Crippen molar-refractivity contribution in [1.82, 2.24) is 9.80 Å². The summed E-state index contributed by atoms with van der Waals surface area (Å²) in [6.07, 6.45) is 4.75. The van der Waals surface area contributed by atoms with Crippen molar-refractivity contribution >= 4 is 9.84 Å². The molecule has 0 amide bonds. The number of sulfone groups is 1. The molecule has 29 heavy (non-hydrogen) atoms. The van der Waals surface area contributed by atoms with Gasteiger partial charge in [0.25, 0.3) is 0 Å². The van der Waals surface area contributed by atoms with E-state index in [2.05, 4.69) is 41.8 Å². The van der Waals surface area contributed by atoms with Crippen LogP contribution in [-0.2, 0) is 22.7 Å². The fraction of sp³-hybridized carbons (Fsp3) is 0.500. The Balaban J connectivity index is 1.45. The SMILES string of the molecule is CC(C)N1CCN(C2CCc3cc(-c4ccc(S(C)(=O)=O)cc4)ccc3C2)CC1. The molecule has 0 saturated carbocycles. The van der Waals surface area contributed by atoms with Crippen LogP contribution in [0.5, 0.6) is 0 Å². The molecule has 1 aliphatic carbocycles. The first-order valence-corrected chi connectivity index (χ1v) is 12.6. The Kier molecular flexibility index (Phi) is 5.83. The van der Waals surface area contributed by atoms with Gasteiger partial charge in [-0.1, -0.05) is 30.3 Å². The smallest absolute Gasteiger partial charge is 0.175 e. The van der Waals surface area contributed by atoms with Crippen LogP contribution in [0.1, 0.15) is 31.4 Å². The molecule has 1 aliphatic heterocycles. The van der Waals surface area contributed by atoms with Gasteiger partial charge in [0.2, 0.25) is 0 Å². The molecule has 1 saturated heterocycles. The second-order valence-corrected chi connectivity index (χ2v) is 10.9. The molecule has 4 rings (SSSR count). The minimum Gasteiger partial charge on any atom is -0.298 e. The van der Waals surface area contributed by atoms with Crippen molar-refractivity contribution in [1.29, 1.82) is 0 Å². The van der Waals surface area contributed by atoms with Crippen LogP contribution in [0.2, 0.25) is 0 Å². The Morgan fingerprint density at radius 1 is 0.897 bits per heavy atom. The van der Waals surface area contributed by atoms with Gasteiger partial charge in [0.05, 0.1) is 4.90 Å². The van der Waals surface area contributed by atoms with E-state index in [1.165, 1.54) is 55.5 Å². The van der Waals surface area contributed by atoms with Crippen molar-refractivity contribution in [3.63, 3.8) is 0 Å². The van der Waals surface area contributed by atoms with Gasteiger partial charge in [-0.05, 0) is 67.5 Å². The molecule has 0 bridgehead atoms. The zero-order valence-electron chi connectivity index (χ0n) is 17.8. The quantitative estimate of drug-likeness (QED) is 0.769. The van der Waals surface area contributed by atoms with Crippen molar-refractivity contribution in [3.05, 3.63) is 53.6 Å². The van der Waals surface area contributed by atoms with Gasteiger partial charge in [0.15, 0.2) is 9.84 Å². The van der Waals surface area contributed by atoms with E-state index < -0.39 is 9.84 Å². The standard InChI is InChI=1S/C24H32N2O2S/c1-18(2)25-12-14-26(15-13-25)23-9-6-21-16-20(4-5-22(21)17-23)19-7-10-24(11-8-19)29(3,27)28/h4-5,7-8,10-11,16,18,23H,6,9,12-15,17H2,1-3H3. The van der Waals surface area contributed by atoms with Gasteiger partial charge in [0.1, 0.15) is 0 Å². The number of aryl methyl sites for hydroxylation is 1. The Morgan fingerprint density at radius 3 is 2.17 bits per heavy atom. The van der Waals surface area contributed by atoms with Gasteiger partial charge >= 0.3 is 0 Å². The van der Waals surface area contributed by atoms with Crippen molar-refractivity contribution in [2.45, 2.75) is 50.1 Å². The van der Waals surface area contributed by atoms with Crippen LogP contribution in [0.15, 0.2) is 47.4 Å². The van der Waals surface area contributed by atoms with Gasteiger partial charge in [-0.15, -0.1) is 0 Å². The molecule has 1 heterocycles. The predicted molar refractivity (Wildman–Crippen MR) is 119 cm³/mol. The van der Waals surface area contributed by atoms with Crippen molar-refractivity contribution in [2.24, 2.45) is 0 Å². The highest BCUT2D eigenvalue weighted by molar-refractivity contribution is 7.90. The number of hydrogen-bond acceptors (Lipinski definition) is 4. The summed E-state index contributed by atoms with van der Waals surface area (Å²) in [6, 6.07) is 15.3. The van der Waals surface area contributed by atoms with E-state index in [1.807, 2.05) is 12.1 Å². The lowest BCUT2D eigenvalue weighted by Gasteiger charge is -2.42. The summed E-state index contributed by atoms with van der Waals surface area (Å²) in [5.74, 6) is 0. The van der Waals surface area contributed by atoms with Gasteiger partial charge in [0, 0.05) is 44.5 Å². The topological polar surface area (TPSA) is 40.6 Å². The van der Waals surface area contributed by atoms with Gasteiger partial charge in [-0.2, -0.15) is 0 Å². The molecule has 1 unspecified atom stereocenters. The van der Waals surface area contributed by atoms with Crippen LogP contribution in [0, 0.1) is 0 Å². The molecule has 0 radical (unpaired) electrons. The summed E-state index contributed by atoms with van der Waals surface area (Å²) in [7, 11) is -3.15. The fourth-order valence-corrected chi connectivity index (χ4v) is 5.37. The monoisotopic (exact) mass is 412 g/mol. The zero-order chi connectivity index (χ0) is 20.6. The maximum absolute atomic E-state index is 11.7. The lowest BCUT2D eigenvalue weighted by molar-refractivity contribution is 0.0730. The molecule has 0 spiro atoms. The van der Waals surface area contributed by atoms with E-state index in [-0.39, 0.29) is 0 Å². The lowest BCUT2D eigenvalue weighted by atomic mass is 9.85. The van der Waals surface area contributed by atoms with Crippen molar-refractivity contribution < 1.29 is 8.42 Å². The van der Waals surface area contributed by atoms with E-state index in [1.54, 1.807) is 12.1 Å². The van der Waals surface area contributed by atoms with E-state index in [0.717, 1.165) is 18.4 Å². The number of piperazine rings is 1. The number of fused-ring (bicyclic) bond motifs is 1. The van der Waals surface area contributed by atoms with Crippen LogP contribution >= 0.6 is 0 Å². The maximum Gasteiger partial charge on any atom is 0.175 e. The average Bonchev–Trinajstić information content (AvgIpc) is 2.72. The Bertz CT molecular complexity index is 959. The van der Waals surface area contributed by atoms with E-state index in [0.29, 0.717) is 17.0 Å². The largest absolute Gasteiger partial charge is 0.298 e. The molecule has 0 aromatic heterocycles. The third kappa shape index (κ3) is 4.57. The Morgan fingerprint density at radius 2 is 1.55 bits per heavy atom. The first-order valence-electron chi connectivity index (χ1n) is 10.7. The Hall–Kier alpha value is -1.69. The summed E-state index contributed by atoms with van der Waals surface area (Å²) in [5.41, 5.74) is 5.18. The van der Waals surface area contributed by atoms with Gasteiger partial charge < -0.3 is 0 Å². The van der Waals surface area contributed by atoms with Crippen LogP contribution in [0.25, 0.3) is 11.1 Å². The van der Waals surface area contributed by atoms with Crippen LogP contribution in [0.4, 0.5) is 0 Å². The van der Waals surface area contributed by atoms with E-state index >= 15 is 0 Å². The fourth-order valence-electron chi connectivity index (χ4n) is 4.74. The van der Waals surface area contributed by atoms with E-state index in [9.17, 15) is 8.42 Å². The number of nitrogens with zero attached hydrogens (tertiary/aromatic N) is 2. The second-order valence-electron chi connectivity index (χ2n) is 8.84. The first kappa shape index (κ1) is 20.6. The number of hydrogen-bond donors (Lipinski definition) is 0. The molecular weight excluding hydrogens is 380 g/mol. The molecule has 2 aromatic carbocycles. The van der Waals surface area contributed by atoms with Crippen LogP contribution in [-0.4, -0.2) is 62.7 Å². The number of benzene rings is 2. The first-order chi connectivity index (χ1) is 13.8. The third-order valence-electron chi connectivity index (χ3n) is 6.62. The second kappa shape index (κ2) is 8.21. The lowest BCUT2D eigenvalue weighted by Crippen LogP contribution is -2.53. The minimum absolute atomic E-state index is 0.375.